The van der Waals surface area contributed by atoms with Gasteiger partial charge in [0.15, 0.2) is 0 Å². The number of rotatable bonds is 2. The predicted molar refractivity (Wildman–Crippen MR) is 65.4 cm³/mol. The van der Waals surface area contributed by atoms with E-state index in [-0.39, 0.29) is 0 Å². The number of aliphatic hydroxyl groups is 1. The molecule has 1 rings (SSSR count). The van der Waals surface area contributed by atoms with Gasteiger partial charge in [-0.1, -0.05) is 6.07 Å². The maximum absolute atomic E-state index is 10.1. The lowest BCUT2D eigenvalue weighted by molar-refractivity contribution is 0.0748. The summed E-state index contributed by atoms with van der Waals surface area (Å²) in [7, 11) is 1.62. The Balaban J connectivity index is 3.57. The van der Waals surface area contributed by atoms with Crippen molar-refractivity contribution in [3.8, 4) is 5.75 Å². The average molecular weight is 273 g/mol. The maximum Gasteiger partial charge on any atom is 0.139 e. The molecule has 2 nitrogen and oxygen atoms in total. The summed E-state index contributed by atoms with van der Waals surface area (Å²) < 4.78 is 6.27. The average Bonchev–Trinajstić information content (AvgIpc) is 2.08. The van der Waals surface area contributed by atoms with Crippen LogP contribution in [0.25, 0.3) is 0 Å². The third-order valence-electron chi connectivity index (χ3n) is 2.42. The number of methoxy groups -OCH3 is 1. The number of aryl methyl sites for hydroxylation is 2. The summed E-state index contributed by atoms with van der Waals surface area (Å²) in [5, 5.41) is 10.1. The Morgan fingerprint density at radius 3 is 2.20 bits per heavy atom. The van der Waals surface area contributed by atoms with Crippen molar-refractivity contribution in [2.45, 2.75) is 33.3 Å². The molecule has 0 aliphatic heterocycles. The second-order valence-corrected chi connectivity index (χ2v) is 5.08. The van der Waals surface area contributed by atoms with Gasteiger partial charge in [-0.3, -0.25) is 0 Å². The van der Waals surface area contributed by atoms with Crippen LogP contribution in [0.3, 0.4) is 0 Å². The minimum absolute atomic E-state index is 0.722. The van der Waals surface area contributed by atoms with Gasteiger partial charge in [-0.15, -0.1) is 0 Å². The fraction of sp³-hybridized carbons (Fsp3) is 0.500. The SMILES string of the molecule is COc1c(Br)c(C)cc(C)c1C(C)(C)O. The normalized spacial score (nSPS) is 11.7. The van der Waals surface area contributed by atoms with Crippen LogP contribution < -0.4 is 4.74 Å². The number of hydrogen-bond acceptors (Lipinski definition) is 2. The Hall–Kier alpha value is -0.540. The van der Waals surface area contributed by atoms with Crippen molar-refractivity contribution >= 4 is 15.9 Å². The molecule has 0 heterocycles. The zero-order chi connectivity index (χ0) is 11.8. The van der Waals surface area contributed by atoms with E-state index < -0.39 is 5.60 Å². The number of hydrogen-bond donors (Lipinski definition) is 1. The molecule has 0 fully saturated rings. The van der Waals surface area contributed by atoms with Crippen LogP contribution in [0, 0.1) is 13.8 Å². The van der Waals surface area contributed by atoms with Gasteiger partial charge in [0.25, 0.3) is 0 Å². The van der Waals surface area contributed by atoms with E-state index in [9.17, 15) is 5.11 Å². The van der Waals surface area contributed by atoms with E-state index >= 15 is 0 Å². The van der Waals surface area contributed by atoms with Gasteiger partial charge in [0.1, 0.15) is 5.75 Å². The van der Waals surface area contributed by atoms with Crippen LogP contribution in [0.4, 0.5) is 0 Å². The highest BCUT2D eigenvalue weighted by molar-refractivity contribution is 9.10. The monoisotopic (exact) mass is 272 g/mol. The molecule has 0 aliphatic carbocycles. The molecule has 0 bridgehead atoms. The molecule has 0 saturated carbocycles. The fourth-order valence-corrected chi connectivity index (χ4v) is 2.35. The molecule has 0 aromatic heterocycles. The van der Waals surface area contributed by atoms with Gasteiger partial charge in [-0.05, 0) is 54.8 Å². The number of halogens is 1. The number of ether oxygens (including phenoxy) is 1. The second kappa shape index (κ2) is 4.14. The summed E-state index contributed by atoms with van der Waals surface area (Å²) in [5.41, 5.74) is 2.09. The van der Waals surface area contributed by atoms with Crippen LogP contribution >= 0.6 is 15.9 Å². The minimum Gasteiger partial charge on any atom is -0.495 e. The lowest BCUT2D eigenvalue weighted by Crippen LogP contribution is -2.19. The summed E-state index contributed by atoms with van der Waals surface area (Å²) in [4.78, 5) is 0. The molecule has 1 aromatic rings. The standard InChI is InChI=1S/C12H17BrO2/c1-7-6-8(2)10(13)11(15-5)9(7)12(3,4)14/h6,14H,1-5H3. The third kappa shape index (κ3) is 2.34. The quantitative estimate of drug-likeness (QED) is 0.895. The Labute approximate surface area is 99.4 Å². The molecular formula is C12H17BrO2. The lowest BCUT2D eigenvalue weighted by atomic mass is 9.91. The highest BCUT2D eigenvalue weighted by atomic mass is 79.9. The topological polar surface area (TPSA) is 29.5 Å². The third-order valence-corrected chi connectivity index (χ3v) is 3.40. The molecular weight excluding hydrogens is 256 g/mol. The zero-order valence-corrected chi connectivity index (χ0v) is 11.4. The Morgan fingerprint density at radius 1 is 1.27 bits per heavy atom. The van der Waals surface area contributed by atoms with Gasteiger partial charge in [-0.25, -0.2) is 0 Å². The molecule has 1 aromatic carbocycles. The Kier molecular flexibility index (Phi) is 3.46. The number of benzene rings is 1. The molecule has 0 aliphatic rings. The van der Waals surface area contributed by atoms with E-state index in [1.807, 2.05) is 19.9 Å². The smallest absolute Gasteiger partial charge is 0.139 e. The molecule has 0 unspecified atom stereocenters. The first-order chi connectivity index (χ1) is 6.79. The van der Waals surface area contributed by atoms with Crippen molar-refractivity contribution in [3.05, 3.63) is 27.2 Å². The van der Waals surface area contributed by atoms with Gasteiger partial charge >= 0.3 is 0 Å². The molecule has 0 saturated heterocycles. The van der Waals surface area contributed by atoms with Gasteiger partial charge in [0, 0.05) is 5.56 Å². The van der Waals surface area contributed by atoms with Crippen LogP contribution in [0.1, 0.15) is 30.5 Å². The van der Waals surface area contributed by atoms with Crippen LogP contribution in [-0.4, -0.2) is 12.2 Å². The lowest BCUT2D eigenvalue weighted by Gasteiger charge is -2.25. The van der Waals surface area contributed by atoms with Crippen molar-refractivity contribution in [1.82, 2.24) is 0 Å². The first-order valence-electron chi connectivity index (χ1n) is 4.85. The van der Waals surface area contributed by atoms with Crippen LogP contribution in [0.5, 0.6) is 5.75 Å². The van der Waals surface area contributed by atoms with Crippen molar-refractivity contribution < 1.29 is 9.84 Å². The van der Waals surface area contributed by atoms with E-state index in [4.69, 9.17) is 4.74 Å². The Bertz CT molecular complexity index is 378. The summed E-state index contributed by atoms with van der Waals surface area (Å²) in [6.45, 7) is 7.52. The molecule has 3 heteroatoms. The minimum atomic E-state index is -0.897. The summed E-state index contributed by atoms with van der Waals surface area (Å²) in [6, 6.07) is 2.04. The predicted octanol–water partition coefficient (Wildman–Crippen LogP) is 3.30. The van der Waals surface area contributed by atoms with E-state index in [1.54, 1.807) is 21.0 Å². The van der Waals surface area contributed by atoms with E-state index in [0.29, 0.717) is 0 Å². The highest BCUT2D eigenvalue weighted by Crippen LogP contribution is 2.39. The molecule has 0 amide bonds. The molecule has 1 N–H and O–H groups in total. The van der Waals surface area contributed by atoms with Crippen molar-refractivity contribution in [3.63, 3.8) is 0 Å². The molecule has 0 atom stereocenters. The summed E-state index contributed by atoms with van der Waals surface area (Å²) in [5.74, 6) is 0.722. The first-order valence-corrected chi connectivity index (χ1v) is 5.65. The van der Waals surface area contributed by atoms with Gasteiger partial charge in [0.05, 0.1) is 17.2 Å². The largest absolute Gasteiger partial charge is 0.495 e. The van der Waals surface area contributed by atoms with Crippen LogP contribution in [0.15, 0.2) is 10.5 Å². The van der Waals surface area contributed by atoms with Crippen LogP contribution in [0.2, 0.25) is 0 Å². The van der Waals surface area contributed by atoms with Gasteiger partial charge < -0.3 is 9.84 Å². The first kappa shape index (κ1) is 12.5. The second-order valence-electron chi connectivity index (χ2n) is 4.29. The summed E-state index contributed by atoms with van der Waals surface area (Å²) in [6.07, 6.45) is 0. The maximum atomic E-state index is 10.1. The Morgan fingerprint density at radius 2 is 1.80 bits per heavy atom. The van der Waals surface area contributed by atoms with E-state index in [0.717, 1.165) is 26.9 Å². The fourth-order valence-electron chi connectivity index (χ4n) is 1.88. The van der Waals surface area contributed by atoms with Gasteiger partial charge in [-0.2, -0.15) is 0 Å². The molecule has 0 spiro atoms. The summed E-state index contributed by atoms with van der Waals surface area (Å²) >= 11 is 3.48. The van der Waals surface area contributed by atoms with E-state index in [1.165, 1.54) is 0 Å². The van der Waals surface area contributed by atoms with Crippen molar-refractivity contribution in [2.24, 2.45) is 0 Å². The molecule has 15 heavy (non-hydrogen) atoms. The molecule has 0 radical (unpaired) electrons. The van der Waals surface area contributed by atoms with E-state index in [2.05, 4.69) is 15.9 Å². The van der Waals surface area contributed by atoms with Crippen LogP contribution in [-0.2, 0) is 5.60 Å². The van der Waals surface area contributed by atoms with Crippen molar-refractivity contribution in [1.29, 1.82) is 0 Å². The molecule has 84 valence electrons. The highest BCUT2D eigenvalue weighted by Gasteiger charge is 2.25. The van der Waals surface area contributed by atoms with Gasteiger partial charge in [0.2, 0.25) is 0 Å². The van der Waals surface area contributed by atoms with Crippen molar-refractivity contribution in [2.75, 3.05) is 7.11 Å². The zero-order valence-electron chi connectivity index (χ0n) is 9.81.